The highest BCUT2D eigenvalue weighted by molar-refractivity contribution is 9.11. The number of carbonyl (C=O) groups is 1. The third-order valence-electron chi connectivity index (χ3n) is 2.37. The quantitative estimate of drug-likeness (QED) is 0.545. The normalized spacial score (nSPS) is 10.9. The van der Waals surface area contributed by atoms with Crippen LogP contribution in [0.5, 0.6) is 5.75 Å². The summed E-state index contributed by atoms with van der Waals surface area (Å²) < 4.78 is 1.31. The van der Waals surface area contributed by atoms with Crippen LogP contribution in [0.2, 0.25) is 0 Å². The summed E-state index contributed by atoms with van der Waals surface area (Å²) in [6, 6.07) is 4.99. The number of rotatable bonds is 3. The SMILES string of the molecule is Cc1cc(C(=O)N/N=C\c2cc(Br)cc(Br)c2O)n[nH]1. The van der Waals surface area contributed by atoms with Crippen molar-refractivity contribution in [1.82, 2.24) is 15.6 Å². The fraction of sp³-hybridized carbons (Fsp3) is 0.0833. The Morgan fingerprint density at radius 2 is 2.20 bits per heavy atom. The minimum atomic E-state index is -0.431. The zero-order valence-corrected chi connectivity index (χ0v) is 13.5. The predicted octanol–water partition coefficient (Wildman–Crippen LogP) is 2.71. The molecule has 0 spiro atoms. The second-order valence-corrected chi connectivity index (χ2v) is 5.73. The third-order valence-corrected chi connectivity index (χ3v) is 3.43. The monoisotopic (exact) mass is 400 g/mol. The van der Waals surface area contributed by atoms with E-state index < -0.39 is 5.91 Å². The molecule has 0 fully saturated rings. The number of phenols is 1. The number of hydrogen-bond acceptors (Lipinski definition) is 4. The molecule has 0 radical (unpaired) electrons. The molecule has 0 saturated heterocycles. The molecule has 6 nitrogen and oxygen atoms in total. The summed E-state index contributed by atoms with van der Waals surface area (Å²) in [7, 11) is 0. The maximum Gasteiger partial charge on any atom is 0.291 e. The number of hydrazone groups is 1. The van der Waals surface area contributed by atoms with Gasteiger partial charge in [0, 0.05) is 15.7 Å². The van der Waals surface area contributed by atoms with E-state index in [1.54, 1.807) is 25.1 Å². The fourth-order valence-corrected chi connectivity index (χ4v) is 2.69. The lowest BCUT2D eigenvalue weighted by molar-refractivity contribution is 0.0950. The number of amides is 1. The molecular formula is C12H10Br2N4O2. The second-order valence-electron chi connectivity index (χ2n) is 3.96. The first-order chi connectivity index (χ1) is 9.47. The van der Waals surface area contributed by atoms with Crippen molar-refractivity contribution in [3.05, 3.63) is 44.1 Å². The van der Waals surface area contributed by atoms with Gasteiger partial charge in [0.05, 0.1) is 10.7 Å². The number of aromatic amines is 1. The van der Waals surface area contributed by atoms with Gasteiger partial charge in [0.1, 0.15) is 5.75 Å². The van der Waals surface area contributed by atoms with Crippen LogP contribution in [0.3, 0.4) is 0 Å². The molecule has 3 N–H and O–H groups in total. The van der Waals surface area contributed by atoms with Gasteiger partial charge >= 0.3 is 0 Å². The molecule has 0 saturated carbocycles. The number of nitrogens with one attached hydrogen (secondary N) is 2. The molecule has 1 aromatic carbocycles. The van der Waals surface area contributed by atoms with Crippen molar-refractivity contribution in [2.75, 3.05) is 0 Å². The van der Waals surface area contributed by atoms with E-state index in [0.29, 0.717) is 10.0 Å². The Kier molecular flexibility index (Phi) is 4.56. The van der Waals surface area contributed by atoms with Gasteiger partial charge in [0.2, 0.25) is 0 Å². The Hall–Kier alpha value is -1.67. The lowest BCUT2D eigenvalue weighted by atomic mass is 10.2. The molecule has 0 unspecified atom stereocenters. The van der Waals surface area contributed by atoms with Crippen molar-refractivity contribution in [2.45, 2.75) is 6.92 Å². The summed E-state index contributed by atoms with van der Waals surface area (Å²) in [6.45, 7) is 1.80. The number of carbonyl (C=O) groups excluding carboxylic acids is 1. The van der Waals surface area contributed by atoms with Crippen molar-refractivity contribution in [3.63, 3.8) is 0 Å². The van der Waals surface area contributed by atoms with E-state index in [4.69, 9.17) is 0 Å². The molecule has 20 heavy (non-hydrogen) atoms. The molecule has 1 aromatic heterocycles. The van der Waals surface area contributed by atoms with Crippen molar-refractivity contribution < 1.29 is 9.90 Å². The second kappa shape index (κ2) is 6.19. The molecule has 8 heteroatoms. The summed E-state index contributed by atoms with van der Waals surface area (Å²) in [5, 5.41) is 20.1. The van der Waals surface area contributed by atoms with Gasteiger partial charge in [0.15, 0.2) is 5.69 Å². The van der Waals surface area contributed by atoms with Gasteiger partial charge in [0.25, 0.3) is 5.91 Å². The largest absolute Gasteiger partial charge is 0.506 e. The highest BCUT2D eigenvalue weighted by Crippen LogP contribution is 2.30. The molecule has 1 amide bonds. The van der Waals surface area contributed by atoms with Gasteiger partial charge in [-0.05, 0) is 41.1 Å². The lowest BCUT2D eigenvalue weighted by Gasteiger charge is -2.02. The first-order valence-electron chi connectivity index (χ1n) is 5.51. The molecular weight excluding hydrogens is 392 g/mol. The summed E-state index contributed by atoms with van der Waals surface area (Å²) in [5.41, 5.74) is 3.83. The Morgan fingerprint density at radius 1 is 1.45 bits per heavy atom. The van der Waals surface area contributed by atoms with Crippen LogP contribution in [0.4, 0.5) is 0 Å². The molecule has 2 aromatic rings. The summed E-state index contributed by atoms with van der Waals surface area (Å²) in [6.07, 6.45) is 1.35. The number of H-pyrrole nitrogens is 1. The van der Waals surface area contributed by atoms with Crippen LogP contribution in [-0.2, 0) is 0 Å². The smallest absolute Gasteiger partial charge is 0.291 e. The number of nitrogens with zero attached hydrogens (tertiary/aromatic N) is 2. The first-order valence-corrected chi connectivity index (χ1v) is 7.09. The average molecular weight is 402 g/mol. The molecule has 104 valence electrons. The number of halogens is 2. The number of aromatic hydroxyl groups is 1. The topological polar surface area (TPSA) is 90.4 Å². The third kappa shape index (κ3) is 3.45. The van der Waals surface area contributed by atoms with Crippen LogP contribution in [-0.4, -0.2) is 27.4 Å². The van der Waals surface area contributed by atoms with E-state index in [2.05, 4.69) is 52.6 Å². The van der Waals surface area contributed by atoms with Crippen LogP contribution in [0, 0.1) is 6.92 Å². The van der Waals surface area contributed by atoms with Crippen LogP contribution >= 0.6 is 31.9 Å². The van der Waals surface area contributed by atoms with E-state index in [0.717, 1.165) is 10.2 Å². The molecule has 1 heterocycles. The molecule has 0 bridgehead atoms. The summed E-state index contributed by atoms with van der Waals surface area (Å²) in [4.78, 5) is 11.7. The lowest BCUT2D eigenvalue weighted by Crippen LogP contribution is -2.18. The number of benzene rings is 1. The number of phenolic OH excluding ortho intramolecular Hbond substituents is 1. The molecule has 2 rings (SSSR count). The molecule has 0 aliphatic carbocycles. The van der Waals surface area contributed by atoms with E-state index in [1.165, 1.54) is 6.21 Å². The minimum Gasteiger partial charge on any atom is -0.506 e. The van der Waals surface area contributed by atoms with Crippen molar-refractivity contribution >= 4 is 44.0 Å². The van der Waals surface area contributed by atoms with Gasteiger partial charge in [-0.3, -0.25) is 9.89 Å². The van der Waals surface area contributed by atoms with Crippen LogP contribution < -0.4 is 5.43 Å². The van der Waals surface area contributed by atoms with Crippen LogP contribution in [0.15, 0.2) is 32.2 Å². The number of hydrogen-bond donors (Lipinski definition) is 3. The van der Waals surface area contributed by atoms with E-state index in [9.17, 15) is 9.90 Å². The van der Waals surface area contributed by atoms with Crippen molar-refractivity contribution in [2.24, 2.45) is 5.10 Å². The minimum absolute atomic E-state index is 0.0433. The van der Waals surface area contributed by atoms with Crippen molar-refractivity contribution in [3.8, 4) is 5.75 Å². The van der Waals surface area contributed by atoms with Gasteiger partial charge in [-0.2, -0.15) is 10.2 Å². The Morgan fingerprint density at radius 3 is 2.85 bits per heavy atom. The average Bonchev–Trinajstić information content (AvgIpc) is 2.81. The summed E-state index contributed by atoms with van der Waals surface area (Å²) >= 11 is 6.52. The van der Waals surface area contributed by atoms with Crippen molar-refractivity contribution in [1.29, 1.82) is 0 Å². The fourth-order valence-electron chi connectivity index (χ4n) is 1.44. The Labute approximate surface area is 131 Å². The summed E-state index contributed by atoms with van der Waals surface area (Å²) in [5.74, 6) is -0.388. The van der Waals surface area contributed by atoms with Crippen LogP contribution in [0.25, 0.3) is 0 Å². The van der Waals surface area contributed by atoms with E-state index in [-0.39, 0.29) is 11.4 Å². The van der Waals surface area contributed by atoms with Gasteiger partial charge in [-0.1, -0.05) is 15.9 Å². The molecule has 0 aliphatic heterocycles. The zero-order chi connectivity index (χ0) is 14.7. The molecule has 0 aliphatic rings. The Balaban J connectivity index is 2.09. The number of aryl methyl sites for hydroxylation is 1. The maximum absolute atomic E-state index is 11.7. The highest BCUT2D eigenvalue weighted by atomic mass is 79.9. The Bertz CT molecular complexity index is 682. The predicted molar refractivity (Wildman–Crippen MR) is 81.9 cm³/mol. The maximum atomic E-state index is 11.7. The highest BCUT2D eigenvalue weighted by Gasteiger charge is 2.08. The molecule has 0 atom stereocenters. The first kappa shape index (κ1) is 14.7. The van der Waals surface area contributed by atoms with Gasteiger partial charge < -0.3 is 5.11 Å². The zero-order valence-electron chi connectivity index (χ0n) is 10.3. The van der Waals surface area contributed by atoms with Gasteiger partial charge in [-0.15, -0.1) is 0 Å². The van der Waals surface area contributed by atoms with E-state index in [1.807, 2.05) is 0 Å². The van der Waals surface area contributed by atoms with Gasteiger partial charge in [-0.25, -0.2) is 5.43 Å². The van der Waals surface area contributed by atoms with E-state index >= 15 is 0 Å². The van der Waals surface area contributed by atoms with Crippen LogP contribution in [0.1, 0.15) is 21.7 Å². The standard InChI is InChI=1S/C12H10Br2N4O2/c1-6-2-10(17-16-6)12(20)18-15-5-7-3-8(13)4-9(14)11(7)19/h2-5,19H,1H3,(H,16,17)(H,18,20)/b15-5-. The number of aromatic nitrogens is 2.